The second kappa shape index (κ2) is 5.84. The van der Waals surface area contributed by atoms with E-state index in [1.54, 1.807) is 48.5 Å². The molecule has 114 valence electrons. The zero-order chi connectivity index (χ0) is 15.6. The molecule has 3 rings (SSSR count). The van der Waals surface area contributed by atoms with Crippen LogP contribution in [0, 0.1) is 0 Å². The second-order valence-corrected chi connectivity index (χ2v) is 9.30. The lowest BCUT2D eigenvalue weighted by molar-refractivity contribution is 0.286. The third-order valence-corrected chi connectivity index (χ3v) is 7.26. The van der Waals surface area contributed by atoms with Crippen LogP contribution in [0.2, 0.25) is 0 Å². The molecule has 0 saturated heterocycles. The van der Waals surface area contributed by atoms with E-state index < -0.39 is 23.3 Å². The van der Waals surface area contributed by atoms with Gasteiger partial charge >= 0.3 is 0 Å². The highest BCUT2D eigenvalue weighted by Crippen LogP contribution is 2.46. The molecule has 0 aromatic heterocycles. The molecule has 2 aromatic rings. The van der Waals surface area contributed by atoms with E-state index in [9.17, 15) is 13.0 Å². The van der Waals surface area contributed by atoms with Gasteiger partial charge in [-0.2, -0.15) is 0 Å². The van der Waals surface area contributed by atoms with Gasteiger partial charge in [0.05, 0.1) is 11.9 Å². The number of benzene rings is 2. The van der Waals surface area contributed by atoms with E-state index in [0.29, 0.717) is 10.6 Å². The summed E-state index contributed by atoms with van der Waals surface area (Å²) < 4.78 is 42.4. The van der Waals surface area contributed by atoms with Gasteiger partial charge in [-0.15, -0.1) is 0 Å². The Morgan fingerprint density at radius 3 is 1.82 bits per heavy atom. The van der Waals surface area contributed by atoms with E-state index >= 15 is 0 Å². The molecule has 22 heavy (non-hydrogen) atoms. The van der Waals surface area contributed by atoms with Crippen LogP contribution in [0.15, 0.2) is 72.1 Å². The molecule has 0 N–H and O–H groups in total. The minimum Gasteiger partial charge on any atom is -0.313 e. The van der Waals surface area contributed by atoms with Crippen molar-refractivity contribution in [2.24, 2.45) is 0 Å². The van der Waals surface area contributed by atoms with Gasteiger partial charge in [0.25, 0.3) is 7.37 Å². The number of hydrogen-bond donors (Lipinski definition) is 0. The molecule has 1 aliphatic rings. The van der Waals surface area contributed by atoms with Gasteiger partial charge in [-0.3, -0.25) is 4.57 Å². The first-order valence-electron chi connectivity index (χ1n) is 6.80. The van der Waals surface area contributed by atoms with Gasteiger partial charge in [0.15, 0.2) is 9.84 Å². The Morgan fingerprint density at radius 1 is 0.909 bits per heavy atom. The van der Waals surface area contributed by atoms with Crippen molar-refractivity contribution >= 4 is 27.8 Å². The summed E-state index contributed by atoms with van der Waals surface area (Å²) in [6.45, 7) is 0. The Bertz CT molecular complexity index is 785. The molecule has 1 aliphatic heterocycles. The Morgan fingerprint density at radius 2 is 1.41 bits per heavy atom. The quantitative estimate of drug-likeness (QED) is 0.805. The lowest BCUT2D eigenvalue weighted by atomic mass is 10.4. The minimum atomic E-state index is -3.35. The van der Waals surface area contributed by atoms with Crippen molar-refractivity contribution < 1.29 is 17.5 Å². The smallest absolute Gasteiger partial charge is 0.261 e. The Balaban J connectivity index is 2.02. The first-order valence-corrected chi connectivity index (χ1v) is 10.1. The molecule has 0 spiro atoms. The first-order chi connectivity index (χ1) is 10.5. The van der Waals surface area contributed by atoms with Crippen molar-refractivity contribution in [3.8, 4) is 0 Å². The molecule has 0 aliphatic carbocycles. The molecule has 0 amide bonds. The minimum absolute atomic E-state index is 0.170. The van der Waals surface area contributed by atoms with Crippen LogP contribution in [0.1, 0.15) is 0 Å². The molecule has 4 nitrogen and oxygen atoms in total. The summed E-state index contributed by atoms with van der Waals surface area (Å²) in [5.74, 6) is -0.170. The number of rotatable bonds is 4. The van der Waals surface area contributed by atoms with Crippen LogP contribution in [-0.2, 0) is 18.9 Å². The van der Waals surface area contributed by atoms with Crippen molar-refractivity contribution in [3.63, 3.8) is 0 Å². The molecule has 0 fully saturated rings. The Hall–Kier alpha value is -1.68. The van der Waals surface area contributed by atoms with Gasteiger partial charge < -0.3 is 4.52 Å². The van der Waals surface area contributed by atoms with E-state index in [-0.39, 0.29) is 5.75 Å². The fraction of sp³-hybridized carbons (Fsp3) is 0.125. The highest BCUT2D eigenvalue weighted by atomic mass is 32.2. The molecule has 0 unspecified atom stereocenters. The topological polar surface area (TPSA) is 60.4 Å². The first kappa shape index (κ1) is 15.2. The zero-order valence-electron chi connectivity index (χ0n) is 11.7. The SMILES string of the molecule is O=P(O[C@H]1C=CS(=O)(=O)C1)(c1ccccc1)c1ccccc1. The summed E-state index contributed by atoms with van der Waals surface area (Å²) >= 11 is 0. The fourth-order valence-electron chi connectivity index (χ4n) is 2.32. The highest BCUT2D eigenvalue weighted by molar-refractivity contribution is 7.94. The molecule has 0 saturated carbocycles. The van der Waals surface area contributed by atoms with E-state index in [1.165, 1.54) is 6.08 Å². The zero-order valence-corrected chi connectivity index (χ0v) is 13.4. The van der Waals surface area contributed by atoms with Crippen molar-refractivity contribution in [3.05, 3.63) is 72.1 Å². The van der Waals surface area contributed by atoms with Crippen LogP contribution in [0.25, 0.3) is 0 Å². The molecule has 1 atom stereocenters. The maximum absolute atomic E-state index is 13.5. The normalized spacial score (nSPS) is 20.1. The largest absolute Gasteiger partial charge is 0.313 e. The van der Waals surface area contributed by atoms with Gasteiger partial charge in [0.2, 0.25) is 0 Å². The standard InChI is InChI=1S/C16H15O4PS/c17-21(15-7-3-1-4-8-15,16-9-5-2-6-10-16)20-14-11-12-22(18,19)13-14/h1-12,14H,13H2/t14-/m0/s1. The van der Waals surface area contributed by atoms with Crippen LogP contribution in [-0.4, -0.2) is 20.3 Å². The average molecular weight is 334 g/mol. The number of sulfone groups is 1. The van der Waals surface area contributed by atoms with Gasteiger partial charge in [0.1, 0.15) is 0 Å². The van der Waals surface area contributed by atoms with Crippen molar-refractivity contribution in [2.75, 3.05) is 5.75 Å². The van der Waals surface area contributed by atoms with E-state index in [0.717, 1.165) is 5.41 Å². The van der Waals surface area contributed by atoms with Crippen LogP contribution >= 0.6 is 7.37 Å². The van der Waals surface area contributed by atoms with Gasteiger partial charge in [0, 0.05) is 16.0 Å². The maximum Gasteiger partial charge on any atom is 0.261 e. The van der Waals surface area contributed by atoms with E-state index in [2.05, 4.69) is 0 Å². The second-order valence-electron chi connectivity index (χ2n) is 5.02. The third-order valence-electron chi connectivity index (χ3n) is 3.37. The summed E-state index contributed by atoms with van der Waals surface area (Å²) in [5, 5.41) is 2.23. The van der Waals surface area contributed by atoms with Crippen LogP contribution in [0.4, 0.5) is 0 Å². The fourth-order valence-corrected chi connectivity index (χ4v) is 5.78. The third kappa shape index (κ3) is 3.07. The van der Waals surface area contributed by atoms with E-state index in [4.69, 9.17) is 4.52 Å². The summed E-state index contributed by atoms with van der Waals surface area (Å²) in [6.07, 6.45) is 0.754. The molecule has 2 aromatic carbocycles. The molecular formula is C16H15O4PS. The highest BCUT2D eigenvalue weighted by Gasteiger charge is 2.34. The lowest BCUT2D eigenvalue weighted by Gasteiger charge is -2.22. The van der Waals surface area contributed by atoms with Crippen molar-refractivity contribution in [2.45, 2.75) is 6.10 Å². The summed E-state index contributed by atoms with van der Waals surface area (Å²) in [4.78, 5) is 0. The van der Waals surface area contributed by atoms with Crippen molar-refractivity contribution in [1.29, 1.82) is 0 Å². The van der Waals surface area contributed by atoms with E-state index in [1.807, 2.05) is 12.1 Å². The Labute approximate surface area is 129 Å². The average Bonchev–Trinajstić information content (AvgIpc) is 2.87. The van der Waals surface area contributed by atoms with Gasteiger partial charge in [-0.25, -0.2) is 8.42 Å². The molecule has 1 heterocycles. The van der Waals surface area contributed by atoms with Gasteiger partial charge in [-0.1, -0.05) is 36.4 Å². The molecule has 0 radical (unpaired) electrons. The van der Waals surface area contributed by atoms with Crippen molar-refractivity contribution in [1.82, 2.24) is 0 Å². The lowest BCUT2D eigenvalue weighted by Crippen LogP contribution is -2.24. The van der Waals surface area contributed by atoms with Crippen LogP contribution < -0.4 is 10.6 Å². The van der Waals surface area contributed by atoms with Crippen LogP contribution in [0.5, 0.6) is 0 Å². The van der Waals surface area contributed by atoms with Gasteiger partial charge in [-0.05, 0) is 30.3 Å². The maximum atomic E-state index is 13.5. The number of hydrogen-bond acceptors (Lipinski definition) is 4. The predicted molar refractivity (Wildman–Crippen MR) is 87.6 cm³/mol. The summed E-state index contributed by atoms with van der Waals surface area (Å²) in [5.41, 5.74) is 0. The predicted octanol–water partition coefficient (Wildman–Crippen LogP) is 2.24. The monoisotopic (exact) mass is 334 g/mol. The molecule has 0 bridgehead atoms. The van der Waals surface area contributed by atoms with Crippen LogP contribution in [0.3, 0.4) is 0 Å². The molecular weight excluding hydrogens is 319 g/mol. The Kier molecular flexibility index (Phi) is 4.04. The summed E-state index contributed by atoms with van der Waals surface area (Å²) in [6, 6.07) is 17.8. The summed E-state index contributed by atoms with van der Waals surface area (Å²) in [7, 11) is -6.60. The molecule has 6 heteroatoms.